The fourth-order valence-corrected chi connectivity index (χ4v) is 4.60. The summed E-state index contributed by atoms with van der Waals surface area (Å²) in [6.07, 6.45) is 2.18. The Morgan fingerprint density at radius 2 is 2.04 bits per heavy atom. The smallest absolute Gasteiger partial charge is 0.148 e. The molecule has 3 aromatic rings. The van der Waals surface area contributed by atoms with Crippen molar-refractivity contribution in [3.63, 3.8) is 0 Å². The van der Waals surface area contributed by atoms with Crippen molar-refractivity contribution in [2.45, 2.75) is 38.8 Å². The molecule has 0 spiro atoms. The van der Waals surface area contributed by atoms with Crippen LogP contribution in [0, 0.1) is 11.3 Å². The highest BCUT2D eigenvalue weighted by Crippen LogP contribution is 2.40. The third kappa shape index (κ3) is 3.39. The van der Waals surface area contributed by atoms with E-state index in [0.29, 0.717) is 17.4 Å². The van der Waals surface area contributed by atoms with Crippen molar-refractivity contribution in [1.82, 2.24) is 15.5 Å². The highest BCUT2D eigenvalue weighted by atomic mass is 32.1. The summed E-state index contributed by atoms with van der Waals surface area (Å²) in [5.74, 6) is 0.602. The first kappa shape index (κ1) is 18.6. The van der Waals surface area contributed by atoms with Gasteiger partial charge >= 0.3 is 0 Å². The maximum atomic E-state index is 9.47. The average Bonchev–Trinajstić information content (AvgIpc) is 3.34. The number of ether oxygens (including phenoxy) is 1. The first-order valence-corrected chi connectivity index (χ1v) is 10.3. The van der Waals surface area contributed by atoms with E-state index in [-0.39, 0.29) is 6.10 Å². The summed E-state index contributed by atoms with van der Waals surface area (Å²) in [6, 6.07) is 14.7. The van der Waals surface area contributed by atoms with Gasteiger partial charge < -0.3 is 10.1 Å². The number of nitrogens with one attached hydrogen (secondary N) is 1. The van der Waals surface area contributed by atoms with Crippen LogP contribution in [0.4, 0.5) is 0 Å². The Kier molecular flexibility index (Phi) is 5.12. The number of benzene rings is 2. The second-order valence-corrected chi connectivity index (χ2v) is 8.13. The Labute approximate surface area is 169 Å². The van der Waals surface area contributed by atoms with Crippen LogP contribution in [-0.4, -0.2) is 23.3 Å². The molecule has 0 saturated carbocycles. The van der Waals surface area contributed by atoms with Crippen LogP contribution in [0.2, 0.25) is 0 Å². The number of hydrogen-bond donors (Lipinski definition) is 1. The summed E-state index contributed by atoms with van der Waals surface area (Å²) in [7, 11) is 2.01. The number of rotatable bonds is 5. The maximum absolute atomic E-state index is 9.47. The second kappa shape index (κ2) is 7.70. The normalized spacial score (nSPS) is 15.5. The molecular formula is C22H22N4OS. The molecule has 1 N–H and O–H groups in total. The third-order valence-electron chi connectivity index (χ3n) is 4.98. The van der Waals surface area contributed by atoms with Crippen LogP contribution in [0.3, 0.4) is 0 Å². The summed E-state index contributed by atoms with van der Waals surface area (Å²) in [4.78, 5) is 0. The van der Waals surface area contributed by atoms with Gasteiger partial charge in [0.25, 0.3) is 0 Å². The molecular weight excluding hydrogens is 368 g/mol. The van der Waals surface area contributed by atoms with Crippen molar-refractivity contribution < 1.29 is 4.74 Å². The van der Waals surface area contributed by atoms with Crippen LogP contribution in [0.1, 0.15) is 43.0 Å². The predicted molar refractivity (Wildman–Crippen MR) is 111 cm³/mol. The molecule has 28 heavy (non-hydrogen) atoms. The van der Waals surface area contributed by atoms with E-state index < -0.39 is 0 Å². The van der Waals surface area contributed by atoms with Crippen molar-refractivity contribution in [2.75, 3.05) is 7.05 Å². The minimum atomic E-state index is 0.0210. The van der Waals surface area contributed by atoms with Gasteiger partial charge in [-0.2, -0.15) is 5.26 Å². The van der Waals surface area contributed by atoms with E-state index in [0.717, 1.165) is 28.4 Å². The topological polar surface area (TPSA) is 70.8 Å². The lowest BCUT2D eigenvalue weighted by Gasteiger charge is -2.11. The lowest BCUT2D eigenvalue weighted by atomic mass is 10.0. The van der Waals surface area contributed by atoms with Gasteiger partial charge in [0.2, 0.25) is 0 Å². The van der Waals surface area contributed by atoms with Crippen molar-refractivity contribution in [3.05, 3.63) is 53.1 Å². The van der Waals surface area contributed by atoms with Gasteiger partial charge in [-0.05, 0) is 63.1 Å². The molecule has 5 nitrogen and oxygen atoms in total. The number of hydrogen-bond acceptors (Lipinski definition) is 6. The van der Waals surface area contributed by atoms with Crippen molar-refractivity contribution >= 4 is 11.3 Å². The Hall–Kier alpha value is -2.75. The van der Waals surface area contributed by atoms with Gasteiger partial charge in [-0.25, -0.2) is 0 Å². The van der Waals surface area contributed by atoms with Crippen LogP contribution in [0.5, 0.6) is 5.75 Å². The van der Waals surface area contributed by atoms with Crippen LogP contribution in [0.15, 0.2) is 36.4 Å². The SMILES string of the molecule is CNC1CCc2c(-c3nnc(-c4ccc(OC(C)C)c(C#N)c4)s3)cccc21. The number of aromatic nitrogens is 2. The van der Waals surface area contributed by atoms with Gasteiger partial charge in [-0.15, -0.1) is 10.2 Å². The summed E-state index contributed by atoms with van der Waals surface area (Å²) in [5.41, 5.74) is 5.29. The molecule has 1 unspecified atom stereocenters. The maximum Gasteiger partial charge on any atom is 0.148 e. The van der Waals surface area contributed by atoms with Crippen LogP contribution in [-0.2, 0) is 6.42 Å². The van der Waals surface area contributed by atoms with Crippen LogP contribution < -0.4 is 10.1 Å². The highest BCUT2D eigenvalue weighted by Gasteiger charge is 2.25. The predicted octanol–water partition coefficient (Wildman–Crippen LogP) is 4.74. The van der Waals surface area contributed by atoms with Gasteiger partial charge in [0, 0.05) is 17.2 Å². The molecule has 0 saturated heterocycles. The summed E-state index contributed by atoms with van der Waals surface area (Å²) in [6.45, 7) is 3.89. The first-order chi connectivity index (χ1) is 13.6. The molecule has 4 rings (SSSR count). The Morgan fingerprint density at radius 3 is 2.79 bits per heavy atom. The van der Waals surface area contributed by atoms with Gasteiger partial charge in [-0.1, -0.05) is 29.5 Å². The highest BCUT2D eigenvalue weighted by molar-refractivity contribution is 7.17. The lowest BCUT2D eigenvalue weighted by molar-refractivity contribution is 0.242. The molecule has 0 radical (unpaired) electrons. The minimum Gasteiger partial charge on any atom is -0.490 e. The summed E-state index contributed by atoms with van der Waals surface area (Å²) < 4.78 is 5.71. The number of fused-ring (bicyclic) bond motifs is 1. The molecule has 1 atom stereocenters. The average molecular weight is 391 g/mol. The third-order valence-corrected chi connectivity index (χ3v) is 5.99. The number of nitrogens with zero attached hydrogens (tertiary/aromatic N) is 3. The molecule has 2 aromatic carbocycles. The number of nitriles is 1. The lowest BCUT2D eigenvalue weighted by Crippen LogP contribution is -2.12. The molecule has 142 valence electrons. The van der Waals surface area contributed by atoms with E-state index >= 15 is 0 Å². The van der Waals surface area contributed by atoms with Gasteiger partial charge in [0.15, 0.2) is 0 Å². The zero-order chi connectivity index (χ0) is 19.7. The molecule has 1 aliphatic carbocycles. The minimum absolute atomic E-state index is 0.0210. The molecule has 6 heteroatoms. The first-order valence-electron chi connectivity index (χ1n) is 9.44. The van der Waals surface area contributed by atoms with Gasteiger partial charge in [0.05, 0.1) is 11.7 Å². The fraction of sp³-hybridized carbons (Fsp3) is 0.318. The quantitative estimate of drug-likeness (QED) is 0.681. The molecule has 1 aromatic heterocycles. The van der Waals surface area contributed by atoms with E-state index in [9.17, 15) is 5.26 Å². The summed E-state index contributed by atoms with van der Waals surface area (Å²) >= 11 is 1.56. The molecule has 0 amide bonds. The zero-order valence-corrected chi connectivity index (χ0v) is 17.0. The monoisotopic (exact) mass is 390 g/mol. The van der Waals surface area contributed by atoms with E-state index in [4.69, 9.17) is 4.74 Å². The molecule has 0 aliphatic heterocycles. The van der Waals surface area contributed by atoms with E-state index in [1.807, 2.05) is 39.1 Å². The standard InChI is InChI=1S/C22H22N4OS/c1-13(2)27-20-10-7-14(11-15(20)12-23)21-25-26-22(28-21)18-6-4-5-17-16(18)8-9-19(17)24-3/h4-7,10-11,13,19,24H,8-9H2,1-3H3. The Balaban J connectivity index is 1.68. The van der Waals surface area contributed by atoms with E-state index in [1.54, 1.807) is 11.3 Å². The van der Waals surface area contributed by atoms with Crippen molar-refractivity contribution in [2.24, 2.45) is 0 Å². The van der Waals surface area contributed by atoms with Crippen LogP contribution in [0.25, 0.3) is 21.1 Å². The van der Waals surface area contributed by atoms with Crippen molar-refractivity contribution in [1.29, 1.82) is 5.26 Å². The molecule has 0 bridgehead atoms. The molecule has 1 aliphatic rings. The zero-order valence-electron chi connectivity index (χ0n) is 16.2. The molecule has 0 fully saturated rings. The van der Waals surface area contributed by atoms with E-state index in [1.165, 1.54) is 16.7 Å². The van der Waals surface area contributed by atoms with Gasteiger partial charge in [-0.3, -0.25) is 0 Å². The van der Waals surface area contributed by atoms with Crippen molar-refractivity contribution in [3.8, 4) is 33.0 Å². The summed E-state index contributed by atoms with van der Waals surface area (Å²) in [5, 5.41) is 23.4. The second-order valence-electron chi connectivity index (χ2n) is 7.16. The van der Waals surface area contributed by atoms with Gasteiger partial charge in [0.1, 0.15) is 21.8 Å². The van der Waals surface area contributed by atoms with E-state index in [2.05, 4.69) is 39.8 Å². The largest absolute Gasteiger partial charge is 0.490 e. The molecule has 1 heterocycles. The Morgan fingerprint density at radius 1 is 1.21 bits per heavy atom. The van der Waals surface area contributed by atoms with Crippen LogP contribution >= 0.6 is 11.3 Å². The fourth-order valence-electron chi connectivity index (χ4n) is 3.71. The Bertz CT molecular complexity index is 1050.